The largest absolute Gasteiger partial charge is 0.480 e. The number of hydrogen-bond acceptors (Lipinski definition) is 2. The standard InChI is InChI=1S/C15H26N2O3/c1-11-6-2-3-7-12(11)10-16-14(20)17-15(13(18)19)8-4-5-9-15/h11-12H,2-10H2,1H3,(H,18,19)(H2,16,17,20). The van der Waals surface area contributed by atoms with Crippen LogP contribution in [0.3, 0.4) is 0 Å². The third-order valence-electron chi connectivity index (χ3n) is 5.03. The molecule has 2 amide bonds. The molecule has 0 spiro atoms. The molecule has 2 aliphatic carbocycles. The predicted molar refractivity (Wildman–Crippen MR) is 76.5 cm³/mol. The first-order valence-corrected chi connectivity index (χ1v) is 7.83. The highest BCUT2D eigenvalue weighted by atomic mass is 16.4. The molecule has 0 aromatic heterocycles. The number of urea groups is 1. The number of hydrogen-bond donors (Lipinski definition) is 3. The fourth-order valence-corrected chi connectivity index (χ4v) is 3.55. The molecule has 2 saturated carbocycles. The monoisotopic (exact) mass is 282 g/mol. The average molecular weight is 282 g/mol. The van der Waals surface area contributed by atoms with Gasteiger partial charge in [-0.25, -0.2) is 9.59 Å². The van der Waals surface area contributed by atoms with Crippen molar-refractivity contribution in [3.05, 3.63) is 0 Å². The quantitative estimate of drug-likeness (QED) is 0.741. The van der Waals surface area contributed by atoms with E-state index in [1.54, 1.807) is 0 Å². The summed E-state index contributed by atoms with van der Waals surface area (Å²) in [6.07, 6.45) is 7.71. The van der Waals surface area contributed by atoms with E-state index in [1.807, 2.05) is 0 Å². The minimum absolute atomic E-state index is 0.327. The fraction of sp³-hybridized carbons (Fsp3) is 0.867. The van der Waals surface area contributed by atoms with Crippen LogP contribution in [0.4, 0.5) is 4.79 Å². The zero-order valence-corrected chi connectivity index (χ0v) is 12.3. The SMILES string of the molecule is CC1CCCCC1CNC(=O)NC1(C(=O)O)CCCC1. The molecule has 114 valence electrons. The van der Waals surface area contributed by atoms with E-state index in [0.29, 0.717) is 31.2 Å². The van der Waals surface area contributed by atoms with Gasteiger partial charge in [-0.3, -0.25) is 0 Å². The maximum Gasteiger partial charge on any atom is 0.329 e. The van der Waals surface area contributed by atoms with Gasteiger partial charge < -0.3 is 15.7 Å². The smallest absolute Gasteiger partial charge is 0.329 e. The molecular weight excluding hydrogens is 256 g/mol. The molecule has 0 aromatic rings. The van der Waals surface area contributed by atoms with Gasteiger partial charge in [0.1, 0.15) is 5.54 Å². The molecule has 0 aromatic carbocycles. The number of carboxylic acids is 1. The second-order valence-electron chi connectivity index (χ2n) is 6.45. The van der Waals surface area contributed by atoms with Crippen LogP contribution in [0.2, 0.25) is 0 Å². The molecule has 3 N–H and O–H groups in total. The summed E-state index contributed by atoms with van der Waals surface area (Å²) in [6, 6.07) is -0.327. The molecule has 5 heteroatoms. The van der Waals surface area contributed by atoms with Crippen molar-refractivity contribution < 1.29 is 14.7 Å². The van der Waals surface area contributed by atoms with Crippen molar-refractivity contribution in [2.75, 3.05) is 6.54 Å². The van der Waals surface area contributed by atoms with Gasteiger partial charge in [0.05, 0.1) is 0 Å². The van der Waals surface area contributed by atoms with Crippen LogP contribution in [0.15, 0.2) is 0 Å². The molecule has 5 nitrogen and oxygen atoms in total. The molecular formula is C15H26N2O3. The molecule has 0 aliphatic heterocycles. The zero-order valence-electron chi connectivity index (χ0n) is 12.3. The van der Waals surface area contributed by atoms with Crippen LogP contribution in [0.1, 0.15) is 58.3 Å². The van der Waals surface area contributed by atoms with Crippen LogP contribution in [-0.2, 0) is 4.79 Å². The number of nitrogens with one attached hydrogen (secondary N) is 2. The lowest BCUT2D eigenvalue weighted by Gasteiger charge is -2.30. The number of carboxylic acid groups (broad SMARTS) is 1. The van der Waals surface area contributed by atoms with Crippen LogP contribution < -0.4 is 10.6 Å². The molecule has 2 aliphatic rings. The van der Waals surface area contributed by atoms with Crippen LogP contribution in [-0.4, -0.2) is 29.2 Å². The van der Waals surface area contributed by atoms with E-state index in [-0.39, 0.29) is 6.03 Å². The summed E-state index contributed by atoms with van der Waals surface area (Å²) in [6.45, 7) is 2.89. The number of rotatable bonds is 4. The molecule has 0 saturated heterocycles. The summed E-state index contributed by atoms with van der Waals surface area (Å²) in [5, 5.41) is 14.9. The summed E-state index contributed by atoms with van der Waals surface area (Å²) in [5.41, 5.74) is -1.04. The topological polar surface area (TPSA) is 78.4 Å². The highest BCUT2D eigenvalue weighted by Gasteiger charge is 2.42. The normalized spacial score (nSPS) is 28.9. The summed E-state index contributed by atoms with van der Waals surface area (Å²) >= 11 is 0. The van der Waals surface area contributed by atoms with Crippen LogP contribution >= 0.6 is 0 Å². The maximum absolute atomic E-state index is 12.0. The average Bonchev–Trinajstić information content (AvgIpc) is 2.88. The van der Waals surface area contributed by atoms with Gasteiger partial charge in [-0.2, -0.15) is 0 Å². The lowest BCUT2D eigenvalue weighted by Crippen LogP contribution is -2.56. The third kappa shape index (κ3) is 3.44. The minimum atomic E-state index is -1.04. The Hall–Kier alpha value is -1.26. The lowest BCUT2D eigenvalue weighted by atomic mass is 9.80. The first kappa shape index (κ1) is 15.1. The van der Waals surface area contributed by atoms with Crippen LogP contribution in [0.25, 0.3) is 0 Å². The Morgan fingerprint density at radius 3 is 2.40 bits per heavy atom. The van der Waals surface area contributed by atoms with Crippen molar-refractivity contribution in [2.45, 2.75) is 63.8 Å². The van der Waals surface area contributed by atoms with Crippen molar-refractivity contribution in [1.82, 2.24) is 10.6 Å². The van der Waals surface area contributed by atoms with E-state index in [1.165, 1.54) is 19.3 Å². The number of amides is 2. The van der Waals surface area contributed by atoms with Crippen LogP contribution in [0, 0.1) is 11.8 Å². The van der Waals surface area contributed by atoms with Gasteiger partial charge >= 0.3 is 12.0 Å². The van der Waals surface area contributed by atoms with E-state index in [4.69, 9.17) is 0 Å². The Balaban J connectivity index is 1.81. The Labute approximate surface area is 120 Å². The maximum atomic E-state index is 12.0. The Morgan fingerprint density at radius 1 is 1.15 bits per heavy atom. The van der Waals surface area contributed by atoms with Gasteiger partial charge in [0.2, 0.25) is 0 Å². The zero-order chi connectivity index (χ0) is 14.6. The van der Waals surface area contributed by atoms with Crippen molar-refractivity contribution in [1.29, 1.82) is 0 Å². The fourth-order valence-electron chi connectivity index (χ4n) is 3.55. The van der Waals surface area contributed by atoms with Crippen LogP contribution in [0.5, 0.6) is 0 Å². The van der Waals surface area contributed by atoms with E-state index in [2.05, 4.69) is 17.6 Å². The van der Waals surface area contributed by atoms with Crippen molar-refractivity contribution >= 4 is 12.0 Å². The Morgan fingerprint density at radius 2 is 1.80 bits per heavy atom. The van der Waals surface area contributed by atoms with Crippen molar-refractivity contribution in [3.63, 3.8) is 0 Å². The molecule has 2 unspecified atom stereocenters. The van der Waals surface area contributed by atoms with Gasteiger partial charge in [-0.15, -0.1) is 0 Å². The van der Waals surface area contributed by atoms with Crippen molar-refractivity contribution in [3.8, 4) is 0 Å². The summed E-state index contributed by atoms with van der Waals surface area (Å²) < 4.78 is 0. The highest BCUT2D eigenvalue weighted by Crippen LogP contribution is 2.30. The number of carbonyl (C=O) groups excluding carboxylic acids is 1. The van der Waals surface area contributed by atoms with E-state index in [0.717, 1.165) is 19.3 Å². The highest BCUT2D eigenvalue weighted by molar-refractivity contribution is 5.86. The van der Waals surface area contributed by atoms with Gasteiger partial charge in [0, 0.05) is 6.54 Å². The van der Waals surface area contributed by atoms with E-state index < -0.39 is 11.5 Å². The lowest BCUT2D eigenvalue weighted by molar-refractivity contribution is -0.144. The molecule has 0 heterocycles. The molecule has 20 heavy (non-hydrogen) atoms. The van der Waals surface area contributed by atoms with Gasteiger partial charge in [-0.1, -0.05) is 39.0 Å². The minimum Gasteiger partial charge on any atom is -0.480 e. The van der Waals surface area contributed by atoms with Gasteiger partial charge in [0.25, 0.3) is 0 Å². The molecule has 2 rings (SSSR count). The van der Waals surface area contributed by atoms with Crippen molar-refractivity contribution in [2.24, 2.45) is 11.8 Å². The molecule has 0 radical (unpaired) electrons. The van der Waals surface area contributed by atoms with Gasteiger partial charge in [-0.05, 0) is 31.1 Å². The summed E-state index contributed by atoms with van der Waals surface area (Å²) in [7, 11) is 0. The Kier molecular flexibility index (Phi) is 4.89. The molecule has 0 bridgehead atoms. The second kappa shape index (κ2) is 6.46. The Bertz CT molecular complexity index is 364. The van der Waals surface area contributed by atoms with E-state index >= 15 is 0 Å². The molecule has 2 atom stereocenters. The summed E-state index contributed by atoms with van der Waals surface area (Å²) in [4.78, 5) is 23.3. The van der Waals surface area contributed by atoms with Gasteiger partial charge in [0.15, 0.2) is 0 Å². The first-order valence-electron chi connectivity index (χ1n) is 7.83. The first-order chi connectivity index (χ1) is 9.53. The third-order valence-corrected chi connectivity index (χ3v) is 5.03. The number of aliphatic carboxylic acids is 1. The number of carbonyl (C=O) groups is 2. The van der Waals surface area contributed by atoms with E-state index in [9.17, 15) is 14.7 Å². The molecule has 2 fully saturated rings. The predicted octanol–water partition coefficient (Wildman–Crippen LogP) is 2.51. The summed E-state index contributed by atoms with van der Waals surface area (Å²) in [5.74, 6) is 0.263. The second-order valence-corrected chi connectivity index (χ2v) is 6.45.